The molecule has 378 valence electrons. The number of ether oxygens (including phenoxy) is 1. The lowest BCUT2D eigenvalue weighted by molar-refractivity contribution is -0.143. The van der Waals surface area contributed by atoms with Gasteiger partial charge in [-0.05, 0) is 57.8 Å². The van der Waals surface area contributed by atoms with E-state index in [1.165, 1.54) is 238 Å². The van der Waals surface area contributed by atoms with Crippen molar-refractivity contribution >= 4 is 11.9 Å². The smallest absolute Gasteiger partial charge is 0.305 e. The van der Waals surface area contributed by atoms with Gasteiger partial charge in [-0.25, -0.2) is 0 Å². The molecule has 0 aliphatic rings. The number of carbonyl (C=O) groups is 2. The summed E-state index contributed by atoms with van der Waals surface area (Å²) in [5, 5.41) is 23.1. The van der Waals surface area contributed by atoms with Crippen molar-refractivity contribution in [2.75, 3.05) is 13.2 Å². The molecule has 0 aliphatic heterocycles. The lowest BCUT2D eigenvalue weighted by atomic mass is 10.0. The summed E-state index contributed by atoms with van der Waals surface area (Å²) >= 11 is 0. The molecule has 1 amide bonds. The molecule has 2 atom stereocenters. The Labute approximate surface area is 399 Å². The molecule has 6 nitrogen and oxygen atoms in total. The third kappa shape index (κ3) is 49.8. The molecule has 0 saturated heterocycles. The van der Waals surface area contributed by atoms with Gasteiger partial charge in [0, 0.05) is 12.8 Å². The highest BCUT2D eigenvalue weighted by molar-refractivity contribution is 5.76. The molecule has 0 fully saturated rings. The zero-order valence-corrected chi connectivity index (χ0v) is 43.0. The van der Waals surface area contributed by atoms with Crippen LogP contribution in [0, 0.1) is 0 Å². The number of unbranched alkanes of at least 4 members (excludes halogenated alkanes) is 40. The van der Waals surface area contributed by atoms with Crippen LogP contribution in [0.2, 0.25) is 0 Å². The molecule has 0 aromatic rings. The number of rotatable bonds is 53. The summed E-state index contributed by atoms with van der Waals surface area (Å²) in [4.78, 5) is 24.5. The quantitative estimate of drug-likeness (QED) is 0.0321. The minimum atomic E-state index is -0.846. The Hall–Kier alpha value is -1.66. The van der Waals surface area contributed by atoms with Gasteiger partial charge in [-0.3, -0.25) is 9.59 Å². The molecule has 0 bridgehead atoms. The molecule has 2 unspecified atom stereocenters. The topological polar surface area (TPSA) is 95.9 Å². The van der Waals surface area contributed by atoms with E-state index in [1.807, 2.05) is 6.08 Å². The van der Waals surface area contributed by atoms with Crippen LogP contribution in [0.4, 0.5) is 0 Å². The second-order valence-electron chi connectivity index (χ2n) is 19.6. The monoisotopic (exact) mass is 902 g/mol. The molecule has 64 heavy (non-hydrogen) atoms. The third-order valence-corrected chi connectivity index (χ3v) is 13.2. The lowest BCUT2D eigenvalue weighted by Gasteiger charge is -2.20. The zero-order chi connectivity index (χ0) is 46.5. The number of hydrogen-bond donors (Lipinski definition) is 3. The van der Waals surface area contributed by atoms with E-state index in [0.717, 1.165) is 44.9 Å². The minimum absolute atomic E-state index is 0.00175. The van der Waals surface area contributed by atoms with E-state index in [2.05, 4.69) is 31.3 Å². The Morgan fingerprint density at radius 3 is 1.14 bits per heavy atom. The van der Waals surface area contributed by atoms with Crippen molar-refractivity contribution in [3.05, 3.63) is 24.3 Å². The van der Waals surface area contributed by atoms with Crippen LogP contribution in [0.3, 0.4) is 0 Å². The Morgan fingerprint density at radius 2 is 0.734 bits per heavy atom. The van der Waals surface area contributed by atoms with Gasteiger partial charge in [0.2, 0.25) is 5.91 Å². The summed E-state index contributed by atoms with van der Waals surface area (Å²) in [7, 11) is 0. The fourth-order valence-corrected chi connectivity index (χ4v) is 8.81. The SMILES string of the molecule is CCCCC/C=C\CCCCCCCC(=O)OCCCCCCCCCCCCCCCCCCCCCC(=O)NC(CO)C(O)/C=C/CCCCCCCCCCCCCCCC. The van der Waals surface area contributed by atoms with Crippen LogP contribution < -0.4 is 5.32 Å². The Morgan fingerprint density at radius 1 is 0.422 bits per heavy atom. The van der Waals surface area contributed by atoms with Gasteiger partial charge in [-0.15, -0.1) is 0 Å². The van der Waals surface area contributed by atoms with E-state index in [4.69, 9.17) is 4.74 Å². The Bertz CT molecular complexity index is 997. The van der Waals surface area contributed by atoms with E-state index in [0.29, 0.717) is 19.4 Å². The molecule has 0 aromatic heterocycles. The second-order valence-corrected chi connectivity index (χ2v) is 19.6. The zero-order valence-electron chi connectivity index (χ0n) is 43.0. The van der Waals surface area contributed by atoms with Crippen LogP contribution in [0.25, 0.3) is 0 Å². The van der Waals surface area contributed by atoms with E-state index in [-0.39, 0.29) is 18.5 Å². The van der Waals surface area contributed by atoms with E-state index >= 15 is 0 Å². The Balaban J connectivity index is 3.44. The average Bonchev–Trinajstić information content (AvgIpc) is 3.29. The van der Waals surface area contributed by atoms with Crippen LogP contribution in [0.5, 0.6) is 0 Å². The molecule has 0 saturated carbocycles. The van der Waals surface area contributed by atoms with Crippen molar-refractivity contribution in [3.8, 4) is 0 Å². The molecule has 6 heteroatoms. The number of aliphatic hydroxyl groups is 2. The Kier molecular flexibility index (Phi) is 52.6. The van der Waals surface area contributed by atoms with Crippen LogP contribution in [-0.2, 0) is 14.3 Å². The fourth-order valence-electron chi connectivity index (χ4n) is 8.81. The highest BCUT2D eigenvalue weighted by Crippen LogP contribution is 2.17. The number of nitrogens with one attached hydrogen (secondary N) is 1. The second kappa shape index (κ2) is 54.0. The molecule has 0 rings (SSSR count). The summed E-state index contributed by atoms with van der Waals surface area (Å²) in [5.74, 6) is -0.0713. The van der Waals surface area contributed by atoms with Gasteiger partial charge >= 0.3 is 5.97 Å². The van der Waals surface area contributed by atoms with E-state index < -0.39 is 12.1 Å². The third-order valence-electron chi connectivity index (χ3n) is 13.2. The van der Waals surface area contributed by atoms with Gasteiger partial charge in [0.05, 0.1) is 25.4 Å². The highest BCUT2D eigenvalue weighted by Gasteiger charge is 2.18. The number of carbonyl (C=O) groups excluding carboxylic acids is 2. The van der Waals surface area contributed by atoms with Crippen molar-refractivity contribution in [1.29, 1.82) is 0 Å². The predicted octanol–water partition coefficient (Wildman–Crippen LogP) is 17.5. The fraction of sp³-hybridized carbons (Fsp3) is 0.897. The highest BCUT2D eigenvalue weighted by atomic mass is 16.5. The van der Waals surface area contributed by atoms with Gasteiger partial charge in [-0.1, -0.05) is 263 Å². The lowest BCUT2D eigenvalue weighted by Crippen LogP contribution is -2.45. The van der Waals surface area contributed by atoms with Crippen molar-refractivity contribution < 1.29 is 24.5 Å². The molecule has 0 aromatic carbocycles. The van der Waals surface area contributed by atoms with Crippen LogP contribution >= 0.6 is 0 Å². The molecule has 0 radical (unpaired) electrons. The van der Waals surface area contributed by atoms with Crippen molar-refractivity contribution in [2.24, 2.45) is 0 Å². The first kappa shape index (κ1) is 62.3. The standard InChI is InChI=1S/C58H111NO5/c1-3-5-7-9-11-13-15-17-18-24-27-30-34-38-42-46-50-56(61)55(54-60)59-57(62)51-47-43-39-35-31-28-25-22-20-19-21-23-26-29-33-37-41-45-49-53-64-58(63)52-48-44-40-36-32-16-14-12-10-8-6-4-2/h12,14,46,50,55-56,60-61H,3-11,13,15-45,47-49,51-54H2,1-2H3,(H,59,62)/b14-12-,50-46+. The predicted molar refractivity (Wildman–Crippen MR) is 278 cm³/mol. The van der Waals surface area contributed by atoms with Gasteiger partial charge in [0.15, 0.2) is 0 Å². The minimum Gasteiger partial charge on any atom is -0.466 e. The normalized spacial score (nSPS) is 12.8. The molecule has 0 heterocycles. The summed E-state index contributed by atoms with van der Waals surface area (Å²) < 4.78 is 5.46. The van der Waals surface area contributed by atoms with Crippen LogP contribution in [0.1, 0.15) is 309 Å². The van der Waals surface area contributed by atoms with Gasteiger partial charge < -0.3 is 20.3 Å². The van der Waals surface area contributed by atoms with Crippen molar-refractivity contribution in [1.82, 2.24) is 5.32 Å². The summed E-state index contributed by atoms with van der Waals surface area (Å²) in [6.07, 6.45) is 64.8. The molecule has 3 N–H and O–H groups in total. The van der Waals surface area contributed by atoms with Gasteiger partial charge in [0.1, 0.15) is 0 Å². The number of aliphatic hydroxyl groups excluding tert-OH is 2. The van der Waals surface area contributed by atoms with Crippen molar-refractivity contribution in [3.63, 3.8) is 0 Å². The maximum atomic E-state index is 12.5. The molecule has 0 spiro atoms. The number of allylic oxidation sites excluding steroid dienone is 3. The van der Waals surface area contributed by atoms with E-state index in [9.17, 15) is 19.8 Å². The first-order chi connectivity index (χ1) is 31.5. The maximum Gasteiger partial charge on any atom is 0.305 e. The molecule has 0 aliphatic carbocycles. The number of hydrogen-bond acceptors (Lipinski definition) is 5. The van der Waals surface area contributed by atoms with Crippen LogP contribution in [0.15, 0.2) is 24.3 Å². The average molecular weight is 903 g/mol. The van der Waals surface area contributed by atoms with E-state index in [1.54, 1.807) is 6.08 Å². The first-order valence-corrected chi connectivity index (χ1v) is 28.6. The van der Waals surface area contributed by atoms with Gasteiger partial charge in [-0.2, -0.15) is 0 Å². The maximum absolute atomic E-state index is 12.5. The number of esters is 1. The van der Waals surface area contributed by atoms with Crippen LogP contribution in [-0.4, -0.2) is 47.4 Å². The van der Waals surface area contributed by atoms with Crippen molar-refractivity contribution in [2.45, 2.75) is 321 Å². The largest absolute Gasteiger partial charge is 0.466 e. The molecular formula is C58H111NO5. The summed E-state index contributed by atoms with van der Waals surface area (Å²) in [6.45, 7) is 4.88. The summed E-state index contributed by atoms with van der Waals surface area (Å²) in [5.41, 5.74) is 0. The van der Waals surface area contributed by atoms with Gasteiger partial charge in [0.25, 0.3) is 0 Å². The first-order valence-electron chi connectivity index (χ1n) is 28.6. The molecular weight excluding hydrogens is 791 g/mol. The number of amides is 1. The summed E-state index contributed by atoms with van der Waals surface area (Å²) in [6, 6.07) is -0.630.